The van der Waals surface area contributed by atoms with Gasteiger partial charge in [-0.3, -0.25) is 19.3 Å². The molecule has 2 aliphatic carbocycles. The zero-order chi connectivity index (χ0) is 26.3. The van der Waals surface area contributed by atoms with Gasteiger partial charge in [-0.15, -0.1) is 11.8 Å². The van der Waals surface area contributed by atoms with Gasteiger partial charge in [-0.05, 0) is 30.6 Å². The van der Waals surface area contributed by atoms with E-state index in [1.165, 1.54) is 12.2 Å². The topological polar surface area (TPSA) is 132 Å². The van der Waals surface area contributed by atoms with Gasteiger partial charge in [0.05, 0.1) is 46.2 Å². The molecule has 1 fully saturated rings. The third-order valence-electron chi connectivity index (χ3n) is 6.54. The number of nitrogens with one attached hydrogen (secondary N) is 2. The van der Waals surface area contributed by atoms with Crippen molar-refractivity contribution in [3.05, 3.63) is 12.2 Å². The van der Waals surface area contributed by atoms with Crippen molar-refractivity contribution in [2.75, 3.05) is 65.9 Å². The average molecular weight is 520 g/mol. The summed E-state index contributed by atoms with van der Waals surface area (Å²) in [6.45, 7) is 3.51. The van der Waals surface area contributed by atoms with Crippen LogP contribution in [0, 0.1) is 29.6 Å². The predicted octanol–water partition coefficient (Wildman–Crippen LogP) is 0.633. The van der Waals surface area contributed by atoms with Crippen LogP contribution in [-0.4, -0.2) is 94.6 Å². The van der Waals surface area contributed by atoms with Crippen molar-refractivity contribution in [2.24, 2.45) is 17.8 Å². The first-order valence-electron chi connectivity index (χ1n) is 13.0. The van der Waals surface area contributed by atoms with Gasteiger partial charge in [-0.2, -0.15) is 0 Å². The summed E-state index contributed by atoms with van der Waals surface area (Å²) >= 11 is 0. The summed E-state index contributed by atoms with van der Waals surface area (Å²) in [5.41, 5.74) is 0. The quantitative estimate of drug-likeness (QED) is 0.163. The summed E-state index contributed by atoms with van der Waals surface area (Å²) in [5, 5.41) is 5.37. The van der Waals surface area contributed by atoms with E-state index in [1.807, 2.05) is 0 Å². The molecule has 204 valence electrons. The van der Waals surface area contributed by atoms with E-state index >= 15 is 0 Å². The first kappa shape index (κ1) is 28.6. The van der Waals surface area contributed by atoms with Crippen molar-refractivity contribution in [1.29, 1.82) is 0 Å². The third kappa shape index (κ3) is 10.5. The highest BCUT2D eigenvalue weighted by Crippen LogP contribution is 2.52. The van der Waals surface area contributed by atoms with Crippen molar-refractivity contribution < 1.29 is 38.1 Å². The van der Waals surface area contributed by atoms with E-state index in [-0.39, 0.29) is 18.9 Å². The van der Waals surface area contributed by atoms with Crippen LogP contribution in [-0.2, 0) is 33.3 Å². The fraction of sp³-hybridized carbons (Fsp3) is 0.692. The second kappa shape index (κ2) is 16.0. The van der Waals surface area contributed by atoms with Crippen LogP contribution >= 0.6 is 0 Å². The second-order valence-electron chi connectivity index (χ2n) is 9.05. The summed E-state index contributed by atoms with van der Waals surface area (Å²) < 4.78 is 21.6. The number of nitrogens with zero attached hydrogens (tertiary/aromatic N) is 1. The van der Waals surface area contributed by atoms with Crippen LogP contribution in [0.1, 0.15) is 32.1 Å². The van der Waals surface area contributed by atoms with Crippen LogP contribution in [0.15, 0.2) is 12.2 Å². The first-order chi connectivity index (χ1) is 18.1. The molecule has 3 atom stereocenters. The monoisotopic (exact) mass is 519 g/mol. The maximum atomic E-state index is 11.8. The molecule has 3 aliphatic rings. The smallest absolute Gasteiger partial charge is 0.407 e. The minimum atomic E-state index is -0.405. The minimum Gasteiger partial charge on any atom is -0.449 e. The SMILES string of the molecule is O=C(CCN1C(=O)C=CC1=O)NCCOCCOCCOCCNC(=O)OCC1[C@H]2CCC#CCC[C@@H]12. The fourth-order valence-corrected chi connectivity index (χ4v) is 4.49. The lowest BCUT2D eigenvalue weighted by Gasteiger charge is -2.13. The van der Waals surface area contributed by atoms with Crippen molar-refractivity contribution in [1.82, 2.24) is 15.5 Å². The van der Waals surface area contributed by atoms with Gasteiger partial charge in [-0.1, -0.05) is 0 Å². The number of hydrogen-bond acceptors (Lipinski definition) is 8. The molecule has 0 spiro atoms. The molecule has 1 aliphatic heterocycles. The van der Waals surface area contributed by atoms with Gasteiger partial charge < -0.3 is 29.6 Å². The van der Waals surface area contributed by atoms with Gasteiger partial charge in [0.2, 0.25) is 5.91 Å². The van der Waals surface area contributed by atoms with Gasteiger partial charge >= 0.3 is 6.09 Å². The number of fused-ring (bicyclic) bond motifs is 1. The molecule has 0 saturated heterocycles. The largest absolute Gasteiger partial charge is 0.449 e. The third-order valence-corrected chi connectivity index (χ3v) is 6.54. The van der Waals surface area contributed by atoms with Crippen molar-refractivity contribution >= 4 is 23.8 Å². The lowest BCUT2D eigenvalue weighted by molar-refractivity contribution is -0.137. The van der Waals surface area contributed by atoms with E-state index in [9.17, 15) is 19.2 Å². The second-order valence-corrected chi connectivity index (χ2v) is 9.05. The normalized spacial score (nSPS) is 21.9. The summed E-state index contributed by atoms with van der Waals surface area (Å²) in [6.07, 6.45) is 6.16. The van der Waals surface area contributed by atoms with E-state index in [0.717, 1.165) is 30.6 Å². The number of amides is 4. The molecule has 37 heavy (non-hydrogen) atoms. The molecule has 11 heteroatoms. The van der Waals surface area contributed by atoms with E-state index in [1.54, 1.807) is 0 Å². The van der Waals surface area contributed by atoms with Crippen molar-refractivity contribution in [2.45, 2.75) is 32.1 Å². The molecule has 4 amide bonds. The van der Waals surface area contributed by atoms with Crippen LogP contribution < -0.4 is 10.6 Å². The lowest BCUT2D eigenvalue weighted by atomic mass is 10.1. The molecular weight excluding hydrogens is 482 g/mol. The summed E-state index contributed by atoms with van der Waals surface area (Å²) in [7, 11) is 0. The lowest BCUT2D eigenvalue weighted by Crippen LogP contribution is -2.35. The Balaban J connectivity index is 1.03. The molecule has 0 bridgehead atoms. The van der Waals surface area contributed by atoms with E-state index in [4.69, 9.17) is 18.9 Å². The highest BCUT2D eigenvalue weighted by molar-refractivity contribution is 6.13. The van der Waals surface area contributed by atoms with Gasteiger partial charge in [0, 0.05) is 51.0 Å². The summed E-state index contributed by atoms with van der Waals surface area (Å²) in [5.74, 6) is 7.11. The number of ether oxygens (including phenoxy) is 4. The Hall–Kier alpha value is -2.94. The standard InChI is InChI=1S/C26H37N3O8/c30-23(9-12-29-24(31)7-8-25(29)32)27-10-13-34-15-17-36-18-16-35-14-11-28-26(33)37-19-22-20-5-3-1-2-4-6-21(20)22/h7-8,20-22H,3-6,9-19H2,(H,27,30)(H,28,33)/t20-,21+,22?. The Bertz CT molecular complexity index is 845. The van der Waals surface area contributed by atoms with Crippen molar-refractivity contribution in [3.8, 4) is 11.8 Å². The highest BCUT2D eigenvalue weighted by Gasteiger charge is 2.49. The molecule has 0 aromatic heterocycles. The Morgan fingerprint density at radius 3 is 1.97 bits per heavy atom. The number of rotatable bonds is 17. The molecule has 0 aromatic rings. The number of imide groups is 1. The van der Waals surface area contributed by atoms with Crippen LogP contribution in [0.25, 0.3) is 0 Å². The van der Waals surface area contributed by atoms with Gasteiger partial charge in [-0.25, -0.2) is 4.79 Å². The number of alkyl carbamates (subject to hydrolysis) is 1. The molecule has 1 unspecified atom stereocenters. The van der Waals surface area contributed by atoms with Crippen molar-refractivity contribution in [3.63, 3.8) is 0 Å². The molecule has 0 radical (unpaired) electrons. The molecule has 2 N–H and O–H groups in total. The summed E-state index contributed by atoms with van der Waals surface area (Å²) in [6, 6.07) is 0. The van der Waals surface area contributed by atoms with Crippen LogP contribution in [0.5, 0.6) is 0 Å². The van der Waals surface area contributed by atoms with Crippen LogP contribution in [0.4, 0.5) is 4.79 Å². The summed E-state index contributed by atoms with van der Waals surface area (Å²) in [4.78, 5) is 47.4. The Kier molecular flexibility index (Phi) is 12.4. The zero-order valence-corrected chi connectivity index (χ0v) is 21.2. The van der Waals surface area contributed by atoms with E-state index in [2.05, 4.69) is 22.5 Å². The van der Waals surface area contributed by atoms with E-state index in [0.29, 0.717) is 77.1 Å². The molecular formula is C26H37N3O8. The van der Waals surface area contributed by atoms with Gasteiger partial charge in [0.15, 0.2) is 0 Å². The first-order valence-corrected chi connectivity index (χ1v) is 13.0. The number of carbonyl (C=O) groups is 4. The molecule has 1 saturated carbocycles. The fourth-order valence-electron chi connectivity index (χ4n) is 4.49. The predicted molar refractivity (Wildman–Crippen MR) is 132 cm³/mol. The maximum Gasteiger partial charge on any atom is 0.407 e. The highest BCUT2D eigenvalue weighted by atomic mass is 16.6. The molecule has 0 aromatic carbocycles. The van der Waals surface area contributed by atoms with E-state index < -0.39 is 17.9 Å². The Morgan fingerprint density at radius 2 is 1.38 bits per heavy atom. The molecule has 11 nitrogen and oxygen atoms in total. The van der Waals surface area contributed by atoms with Gasteiger partial charge in [0.1, 0.15) is 0 Å². The Labute approximate surface area is 217 Å². The Morgan fingerprint density at radius 1 is 0.838 bits per heavy atom. The van der Waals surface area contributed by atoms with Crippen LogP contribution in [0.2, 0.25) is 0 Å². The average Bonchev–Trinajstić information content (AvgIpc) is 3.40. The number of hydrogen-bond donors (Lipinski definition) is 2. The minimum absolute atomic E-state index is 0.0521. The zero-order valence-electron chi connectivity index (χ0n) is 21.2. The van der Waals surface area contributed by atoms with Crippen LogP contribution in [0.3, 0.4) is 0 Å². The number of carbonyl (C=O) groups excluding carboxylic acids is 4. The molecule has 3 rings (SSSR count). The maximum absolute atomic E-state index is 11.8. The van der Waals surface area contributed by atoms with Gasteiger partial charge in [0.25, 0.3) is 11.8 Å². The molecule has 1 heterocycles.